The molecule has 1 atom stereocenters. The number of nitrogens with zero attached hydrogens (tertiary/aromatic N) is 1. The van der Waals surface area contributed by atoms with E-state index >= 15 is 0 Å². The van der Waals surface area contributed by atoms with Crippen LogP contribution in [0.15, 0.2) is 12.1 Å². The van der Waals surface area contributed by atoms with Gasteiger partial charge in [0.25, 0.3) is 0 Å². The second-order valence-corrected chi connectivity index (χ2v) is 5.09. The number of hydrogen-bond donors (Lipinski definition) is 2. The van der Waals surface area contributed by atoms with Crippen LogP contribution in [0.2, 0.25) is 0 Å². The molecule has 18 heavy (non-hydrogen) atoms. The molecule has 0 radical (unpaired) electrons. The van der Waals surface area contributed by atoms with Crippen LogP contribution in [0.25, 0.3) is 11.0 Å². The molecule has 0 saturated heterocycles. The normalized spacial score (nSPS) is 12.8. The predicted octanol–water partition coefficient (Wildman–Crippen LogP) is 2.55. The topological polar surface area (TPSA) is 66.0 Å². The third kappa shape index (κ3) is 2.61. The summed E-state index contributed by atoms with van der Waals surface area (Å²) in [4.78, 5) is 17.5. The van der Waals surface area contributed by atoms with E-state index in [1.807, 2.05) is 0 Å². The first-order valence-electron chi connectivity index (χ1n) is 5.15. The van der Waals surface area contributed by atoms with Crippen LogP contribution in [0.5, 0.6) is 0 Å². The summed E-state index contributed by atoms with van der Waals surface area (Å²) in [6.07, 6.45) is 0. The summed E-state index contributed by atoms with van der Waals surface area (Å²) >= 11 is 1.18. The first-order valence-corrected chi connectivity index (χ1v) is 6.20. The predicted molar refractivity (Wildman–Crippen MR) is 64.4 cm³/mol. The highest BCUT2D eigenvalue weighted by molar-refractivity contribution is 7.99. The molecule has 0 aliphatic carbocycles. The fourth-order valence-electron chi connectivity index (χ4n) is 1.40. The number of carboxylic acid groups (broad SMARTS) is 1. The first kappa shape index (κ1) is 12.8. The van der Waals surface area contributed by atoms with Gasteiger partial charge in [0.15, 0.2) is 11.6 Å². The Morgan fingerprint density at radius 3 is 2.83 bits per heavy atom. The zero-order valence-electron chi connectivity index (χ0n) is 9.41. The van der Waals surface area contributed by atoms with Gasteiger partial charge in [0.1, 0.15) is 5.82 Å². The molecule has 1 unspecified atom stereocenters. The van der Waals surface area contributed by atoms with Crippen molar-refractivity contribution in [2.24, 2.45) is 0 Å². The highest BCUT2D eigenvalue weighted by Gasteiger charge is 2.13. The molecular formula is C11H10F2N2O2S. The van der Waals surface area contributed by atoms with Crippen LogP contribution < -0.4 is 0 Å². The van der Waals surface area contributed by atoms with Crippen molar-refractivity contribution in [2.45, 2.75) is 17.9 Å². The number of carboxylic acids is 1. The number of carbonyl (C=O) groups is 1. The number of hydrogen-bond acceptors (Lipinski definition) is 3. The van der Waals surface area contributed by atoms with Crippen molar-refractivity contribution in [1.29, 1.82) is 0 Å². The Balaban J connectivity index is 2.18. The molecule has 1 aromatic carbocycles. The van der Waals surface area contributed by atoms with E-state index in [4.69, 9.17) is 5.11 Å². The molecule has 0 amide bonds. The molecule has 2 aromatic rings. The van der Waals surface area contributed by atoms with Crippen molar-refractivity contribution in [3.05, 3.63) is 29.6 Å². The van der Waals surface area contributed by atoms with E-state index in [2.05, 4.69) is 9.97 Å². The molecule has 0 saturated carbocycles. The van der Waals surface area contributed by atoms with Crippen molar-refractivity contribution in [1.82, 2.24) is 9.97 Å². The van der Waals surface area contributed by atoms with Crippen molar-refractivity contribution < 1.29 is 18.7 Å². The summed E-state index contributed by atoms with van der Waals surface area (Å²) in [7, 11) is 0. The highest BCUT2D eigenvalue weighted by Crippen LogP contribution is 2.20. The number of H-pyrrole nitrogens is 1. The Morgan fingerprint density at radius 2 is 2.17 bits per heavy atom. The molecule has 1 heterocycles. The third-order valence-electron chi connectivity index (χ3n) is 2.39. The van der Waals surface area contributed by atoms with E-state index in [0.717, 1.165) is 12.1 Å². The van der Waals surface area contributed by atoms with Gasteiger partial charge in [-0.05, 0) is 6.92 Å². The van der Waals surface area contributed by atoms with Crippen LogP contribution in [0, 0.1) is 11.6 Å². The van der Waals surface area contributed by atoms with Crippen molar-refractivity contribution >= 4 is 28.8 Å². The molecule has 0 aliphatic rings. The molecule has 0 spiro atoms. The molecular weight excluding hydrogens is 262 g/mol. The van der Waals surface area contributed by atoms with Gasteiger partial charge in [0.05, 0.1) is 22.0 Å². The average molecular weight is 272 g/mol. The van der Waals surface area contributed by atoms with E-state index in [-0.39, 0.29) is 0 Å². The Labute approximate surface area is 105 Å². The summed E-state index contributed by atoms with van der Waals surface area (Å²) in [5.41, 5.74) is 0.722. The standard InChI is InChI=1S/C11H10F2N2O2S/c1-5(11(16)17)18-4-10-14-8-2-6(12)7(13)3-9(8)15-10/h2-3,5H,4H2,1H3,(H,14,15)(H,16,17). The monoisotopic (exact) mass is 272 g/mol. The summed E-state index contributed by atoms with van der Waals surface area (Å²) in [5.74, 6) is -1.97. The van der Waals surface area contributed by atoms with Gasteiger partial charge in [-0.2, -0.15) is 0 Å². The minimum atomic E-state index is -0.952. The minimum Gasteiger partial charge on any atom is -0.480 e. The molecule has 1 aromatic heterocycles. The van der Waals surface area contributed by atoms with Gasteiger partial charge in [0, 0.05) is 12.1 Å². The number of fused-ring (bicyclic) bond motifs is 1. The maximum Gasteiger partial charge on any atom is 0.316 e. The first-order chi connectivity index (χ1) is 8.47. The van der Waals surface area contributed by atoms with Gasteiger partial charge >= 0.3 is 5.97 Å². The summed E-state index contributed by atoms with van der Waals surface area (Å²) in [6.45, 7) is 1.56. The number of aliphatic carboxylic acids is 1. The molecule has 2 rings (SSSR count). The number of benzene rings is 1. The fraction of sp³-hybridized carbons (Fsp3) is 0.273. The zero-order chi connectivity index (χ0) is 13.3. The lowest BCUT2D eigenvalue weighted by atomic mass is 10.3. The van der Waals surface area contributed by atoms with Crippen LogP contribution in [-0.4, -0.2) is 26.3 Å². The van der Waals surface area contributed by atoms with Gasteiger partial charge in [0.2, 0.25) is 0 Å². The molecule has 7 heteroatoms. The van der Waals surface area contributed by atoms with E-state index in [1.165, 1.54) is 11.8 Å². The Morgan fingerprint density at radius 1 is 1.50 bits per heavy atom. The molecule has 0 bridgehead atoms. The molecule has 0 aliphatic heterocycles. The minimum absolute atomic E-state index is 0.326. The Bertz CT molecular complexity index is 561. The number of thioether (sulfide) groups is 1. The Kier molecular flexibility index (Phi) is 3.51. The van der Waals surface area contributed by atoms with Crippen molar-refractivity contribution in [3.8, 4) is 0 Å². The lowest BCUT2D eigenvalue weighted by molar-refractivity contribution is -0.136. The second kappa shape index (κ2) is 4.93. The third-order valence-corrected chi connectivity index (χ3v) is 3.53. The van der Waals surface area contributed by atoms with Crippen molar-refractivity contribution in [2.75, 3.05) is 0 Å². The number of aromatic nitrogens is 2. The zero-order valence-corrected chi connectivity index (χ0v) is 10.2. The van der Waals surface area contributed by atoms with Crippen LogP contribution in [0.1, 0.15) is 12.7 Å². The summed E-state index contributed by atoms with van der Waals surface area (Å²) < 4.78 is 25.9. The maximum absolute atomic E-state index is 13.0. The summed E-state index contributed by atoms with van der Waals surface area (Å²) in [6, 6.07) is 2.04. The summed E-state index contributed by atoms with van der Waals surface area (Å²) in [5, 5.41) is 8.16. The van der Waals surface area contributed by atoms with Crippen LogP contribution in [0.4, 0.5) is 8.78 Å². The average Bonchev–Trinajstić information content (AvgIpc) is 2.68. The van der Waals surface area contributed by atoms with E-state index in [1.54, 1.807) is 6.92 Å². The van der Waals surface area contributed by atoms with Crippen LogP contribution in [-0.2, 0) is 10.5 Å². The number of imidazole rings is 1. The number of nitrogens with one attached hydrogen (secondary N) is 1. The molecule has 96 valence electrons. The molecule has 0 fully saturated rings. The quantitative estimate of drug-likeness (QED) is 0.897. The van der Waals surface area contributed by atoms with Gasteiger partial charge in [-0.15, -0.1) is 11.8 Å². The Hall–Kier alpha value is -1.63. The fourth-order valence-corrected chi connectivity index (χ4v) is 2.09. The second-order valence-electron chi connectivity index (χ2n) is 3.76. The van der Waals surface area contributed by atoms with Gasteiger partial charge in [-0.25, -0.2) is 13.8 Å². The van der Waals surface area contributed by atoms with Gasteiger partial charge < -0.3 is 10.1 Å². The molecule has 2 N–H and O–H groups in total. The SMILES string of the molecule is CC(SCc1nc2cc(F)c(F)cc2[nH]1)C(=O)O. The van der Waals surface area contributed by atoms with Crippen LogP contribution >= 0.6 is 11.8 Å². The van der Waals surface area contributed by atoms with E-state index in [9.17, 15) is 13.6 Å². The number of aromatic amines is 1. The van der Waals surface area contributed by atoms with E-state index < -0.39 is 22.9 Å². The largest absolute Gasteiger partial charge is 0.480 e. The van der Waals surface area contributed by atoms with Gasteiger partial charge in [-0.3, -0.25) is 4.79 Å². The highest BCUT2D eigenvalue weighted by atomic mass is 32.2. The smallest absolute Gasteiger partial charge is 0.316 e. The maximum atomic E-state index is 13.0. The van der Waals surface area contributed by atoms with E-state index in [0.29, 0.717) is 22.6 Å². The lowest BCUT2D eigenvalue weighted by Crippen LogP contribution is -2.11. The number of rotatable bonds is 4. The number of halogens is 2. The lowest BCUT2D eigenvalue weighted by Gasteiger charge is -2.02. The molecule has 4 nitrogen and oxygen atoms in total. The van der Waals surface area contributed by atoms with Crippen molar-refractivity contribution in [3.63, 3.8) is 0 Å². The van der Waals surface area contributed by atoms with Crippen LogP contribution in [0.3, 0.4) is 0 Å². The van der Waals surface area contributed by atoms with Gasteiger partial charge in [-0.1, -0.05) is 0 Å².